The Morgan fingerprint density at radius 3 is 2.45 bits per heavy atom. The van der Waals surface area contributed by atoms with Crippen LogP contribution in [0.15, 0.2) is 48.5 Å². The first-order chi connectivity index (χ1) is 9.59. The number of aliphatic hydroxyl groups is 1. The molecule has 0 spiro atoms. The van der Waals surface area contributed by atoms with Gasteiger partial charge in [0, 0.05) is 5.69 Å². The van der Waals surface area contributed by atoms with Gasteiger partial charge in [0.2, 0.25) is 0 Å². The van der Waals surface area contributed by atoms with E-state index in [1.54, 1.807) is 18.2 Å². The van der Waals surface area contributed by atoms with Crippen LogP contribution in [0.5, 0.6) is 11.5 Å². The molecule has 0 amide bonds. The predicted octanol–water partition coefficient (Wildman–Crippen LogP) is 2.72. The number of phenolic OH excluding ortho intramolecular Hbond substituents is 1. The molecule has 0 heterocycles. The van der Waals surface area contributed by atoms with Crippen LogP contribution in [0.25, 0.3) is 0 Å². The van der Waals surface area contributed by atoms with Crippen molar-refractivity contribution in [2.45, 2.75) is 12.5 Å². The van der Waals surface area contributed by atoms with E-state index in [0.717, 1.165) is 11.3 Å². The van der Waals surface area contributed by atoms with E-state index in [1.807, 2.05) is 37.3 Å². The van der Waals surface area contributed by atoms with E-state index in [0.29, 0.717) is 5.75 Å². The van der Waals surface area contributed by atoms with Gasteiger partial charge >= 0.3 is 0 Å². The van der Waals surface area contributed by atoms with E-state index in [2.05, 4.69) is 5.32 Å². The van der Waals surface area contributed by atoms with Crippen LogP contribution in [-0.2, 0) is 5.54 Å². The predicted molar refractivity (Wildman–Crippen MR) is 79.2 cm³/mol. The van der Waals surface area contributed by atoms with Crippen molar-refractivity contribution in [3.63, 3.8) is 0 Å². The molecule has 0 radical (unpaired) electrons. The summed E-state index contributed by atoms with van der Waals surface area (Å²) in [6, 6.07) is 14.7. The number of aromatic hydroxyl groups is 1. The van der Waals surface area contributed by atoms with Crippen molar-refractivity contribution in [3.8, 4) is 11.5 Å². The topological polar surface area (TPSA) is 61.7 Å². The molecule has 0 fully saturated rings. The Kier molecular flexibility index (Phi) is 4.15. The van der Waals surface area contributed by atoms with E-state index in [9.17, 15) is 10.2 Å². The first-order valence-corrected chi connectivity index (χ1v) is 6.40. The molecule has 0 aliphatic heterocycles. The molecular formula is C16H19NO3. The fraction of sp³-hybridized carbons (Fsp3) is 0.250. The number of ether oxygens (including phenoxy) is 1. The third-order valence-electron chi connectivity index (χ3n) is 3.33. The zero-order valence-electron chi connectivity index (χ0n) is 11.6. The number of aliphatic hydroxyl groups excluding tert-OH is 1. The standard InChI is InChI=1S/C16H19NO3/c1-16(11-18,17-13-6-4-3-5-7-13)12-8-9-14(19)15(10-12)20-2/h3-10,17-19H,11H2,1-2H3. The number of rotatable bonds is 5. The minimum absolute atomic E-state index is 0.0799. The Hall–Kier alpha value is -2.20. The Morgan fingerprint density at radius 2 is 1.85 bits per heavy atom. The van der Waals surface area contributed by atoms with Gasteiger partial charge in [-0.2, -0.15) is 0 Å². The zero-order valence-corrected chi connectivity index (χ0v) is 11.6. The molecule has 3 N–H and O–H groups in total. The molecule has 2 rings (SSSR count). The van der Waals surface area contributed by atoms with Crippen molar-refractivity contribution in [2.75, 3.05) is 19.0 Å². The maximum absolute atomic E-state index is 9.77. The third kappa shape index (κ3) is 2.86. The number of phenols is 1. The smallest absolute Gasteiger partial charge is 0.160 e. The lowest BCUT2D eigenvalue weighted by atomic mass is 9.92. The molecule has 2 aromatic carbocycles. The molecule has 106 valence electrons. The minimum Gasteiger partial charge on any atom is -0.504 e. The van der Waals surface area contributed by atoms with E-state index in [4.69, 9.17) is 4.74 Å². The normalized spacial score (nSPS) is 13.6. The van der Waals surface area contributed by atoms with Crippen molar-refractivity contribution in [2.24, 2.45) is 0 Å². The van der Waals surface area contributed by atoms with Gasteiger partial charge in [-0.1, -0.05) is 24.3 Å². The van der Waals surface area contributed by atoms with Crippen LogP contribution in [-0.4, -0.2) is 23.9 Å². The summed E-state index contributed by atoms with van der Waals surface area (Å²) < 4.78 is 5.12. The number of methoxy groups -OCH3 is 1. The van der Waals surface area contributed by atoms with Gasteiger partial charge in [-0.05, 0) is 36.8 Å². The van der Waals surface area contributed by atoms with Gasteiger partial charge in [0.15, 0.2) is 11.5 Å². The largest absolute Gasteiger partial charge is 0.504 e. The van der Waals surface area contributed by atoms with E-state index in [-0.39, 0.29) is 12.4 Å². The number of anilines is 1. The van der Waals surface area contributed by atoms with Crippen LogP contribution in [0, 0.1) is 0 Å². The SMILES string of the molecule is COc1cc(C(C)(CO)Nc2ccccc2)ccc1O. The van der Waals surface area contributed by atoms with Crippen LogP contribution in [0.2, 0.25) is 0 Å². The molecule has 0 aromatic heterocycles. The summed E-state index contributed by atoms with van der Waals surface area (Å²) in [6.45, 7) is 1.81. The van der Waals surface area contributed by atoms with E-state index < -0.39 is 5.54 Å². The molecule has 0 bridgehead atoms. The van der Waals surface area contributed by atoms with E-state index in [1.165, 1.54) is 7.11 Å². The van der Waals surface area contributed by atoms with Crippen LogP contribution in [0.1, 0.15) is 12.5 Å². The number of hydrogen-bond donors (Lipinski definition) is 3. The van der Waals surface area contributed by atoms with Gasteiger partial charge in [-0.15, -0.1) is 0 Å². The highest BCUT2D eigenvalue weighted by Gasteiger charge is 2.26. The average Bonchev–Trinajstić information content (AvgIpc) is 2.48. The van der Waals surface area contributed by atoms with Gasteiger partial charge in [-0.3, -0.25) is 0 Å². The van der Waals surface area contributed by atoms with Crippen molar-refractivity contribution >= 4 is 5.69 Å². The maximum Gasteiger partial charge on any atom is 0.160 e. The average molecular weight is 273 g/mol. The molecule has 0 aliphatic carbocycles. The van der Waals surface area contributed by atoms with Gasteiger partial charge < -0.3 is 20.3 Å². The summed E-state index contributed by atoms with van der Waals surface area (Å²) in [7, 11) is 1.50. The van der Waals surface area contributed by atoms with Crippen LogP contribution >= 0.6 is 0 Å². The van der Waals surface area contributed by atoms with Crippen LogP contribution < -0.4 is 10.1 Å². The number of nitrogens with one attached hydrogen (secondary N) is 1. The van der Waals surface area contributed by atoms with Crippen LogP contribution in [0.4, 0.5) is 5.69 Å². The molecule has 1 unspecified atom stereocenters. The van der Waals surface area contributed by atoms with Crippen LogP contribution in [0.3, 0.4) is 0 Å². The second-order valence-corrected chi connectivity index (χ2v) is 4.87. The van der Waals surface area contributed by atoms with Gasteiger partial charge in [0.25, 0.3) is 0 Å². The molecule has 20 heavy (non-hydrogen) atoms. The van der Waals surface area contributed by atoms with Crippen molar-refractivity contribution in [1.82, 2.24) is 0 Å². The van der Waals surface area contributed by atoms with E-state index >= 15 is 0 Å². The molecular weight excluding hydrogens is 254 g/mol. The summed E-state index contributed by atoms with van der Waals surface area (Å²) in [5, 5.41) is 22.7. The van der Waals surface area contributed by atoms with Gasteiger partial charge in [-0.25, -0.2) is 0 Å². The molecule has 1 atom stereocenters. The Morgan fingerprint density at radius 1 is 1.15 bits per heavy atom. The Bertz CT molecular complexity index is 571. The zero-order chi connectivity index (χ0) is 14.6. The monoisotopic (exact) mass is 273 g/mol. The molecule has 0 saturated heterocycles. The summed E-state index contributed by atoms with van der Waals surface area (Å²) in [6.07, 6.45) is 0. The molecule has 4 nitrogen and oxygen atoms in total. The lowest BCUT2D eigenvalue weighted by Crippen LogP contribution is -2.35. The maximum atomic E-state index is 9.77. The summed E-state index contributed by atoms with van der Waals surface area (Å²) in [5.74, 6) is 0.466. The molecule has 0 saturated carbocycles. The Labute approximate surface area is 118 Å². The second-order valence-electron chi connectivity index (χ2n) is 4.87. The quantitative estimate of drug-likeness (QED) is 0.784. The molecule has 2 aromatic rings. The van der Waals surface area contributed by atoms with Gasteiger partial charge in [0.05, 0.1) is 19.3 Å². The fourth-order valence-corrected chi connectivity index (χ4v) is 2.06. The van der Waals surface area contributed by atoms with Crippen molar-refractivity contribution in [3.05, 3.63) is 54.1 Å². The van der Waals surface area contributed by atoms with Crippen molar-refractivity contribution in [1.29, 1.82) is 0 Å². The number of para-hydroxylation sites is 1. The van der Waals surface area contributed by atoms with Gasteiger partial charge in [0.1, 0.15) is 0 Å². The minimum atomic E-state index is -0.664. The first kappa shape index (κ1) is 14.2. The fourth-order valence-electron chi connectivity index (χ4n) is 2.06. The first-order valence-electron chi connectivity index (χ1n) is 6.40. The highest BCUT2D eigenvalue weighted by molar-refractivity contribution is 5.50. The molecule has 4 heteroatoms. The third-order valence-corrected chi connectivity index (χ3v) is 3.33. The summed E-state index contributed by atoms with van der Waals surface area (Å²) in [4.78, 5) is 0. The lowest BCUT2D eigenvalue weighted by Gasteiger charge is -2.31. The number of hydrogen-bond acceptors (Lipinski definition) is 4. The summed E-state index contributed by atoms with van der Waals surface area (Å²) in [5.41, 5.74) is 1.08. The van der Waals surface area contributed by atoms with Crippen molar-refractivity contribution < 1.29 is 14.9 Å². The lowest BCUT2D eigenvalue weighted by molar-refractivity contribution is 0.223. The highest BCUT2D eigenvalue weighted by atomic mass is 16.5. The Balaban J connectivity index is 2.35. The number of benzene rings is 2. The highest BCUT2D eigenvalue weighted by Crippen LogP contribution is 2.33. The second kappa shape index (κ2) is 5.84. The molecule has 0 aliphatic rings. The summed E-state index contributed by atoms with van der Waals surface area (Å²) >= 11 is 0.